The zero-order valence-electron chi connectivity index (χ0n) is 24.1. The molecule has 43 heavy (non-hydrogen) atoms. The second kappa shape index (κ2) is 9.65. The Labute approximate surface area is 245 Å². The van der Waals surface area contributed by atoms with Crippen LogP contribution in [0.3, 0.4) is 0 Å². The number of ether oxygens (including phenoxy) is 3. The summed E-state index contributed by atoms with van der Waals surface area (Å²) in [6.45, 7) is 1.87. The Kier molecular flexibility index (Phi) is 6.26. The van der Waals surface area contributed by atoms with E-state index < -0.39 is 39.9 Å². The van der Waals surface area contributed by atoms with Gasteiger partial charge in [-0.3, -0.25) is 24.0 Å². The minimum atomic E-state index is -1.92. The van der Waals surface area contributed by atoms with Crippen LogP contribution in [0.15, 0.2) is 47.0 Å². The highest BCUT2D eigenvalue weighted by atomic mass is 16.5. The van der Waals surface area contributed by atoms with Crippen LogP contribution >= 0.6 is 0 Å². The highest BCUT2D eigenvalue weighted by Crippen LogP contribution is 2.57. The summed E-state index contributed by atoms with van der Waals surface area (Å²) in [6, 6.07) is 3.48. The van der Waals surface area contributed by atoms with E-state index in [1.54, 1.807) is 31.3 Å². The molecule has 0 saturated heterocycles. The lowest BCUT2D eigenvalue weighted by Gasteiger charge is -2.23. The number of aromatic nitrogens is 1. The second-order valence-corrected chi connectivity index (χ2v) is 10.6. The van der Waals surface area contributed by atoms with Gasteiger partial charge in [-0.05, 0) is 42.9 Å². The lowest BCUT2D eigenvalue weighted by atomic mass is 9.76. The fraction of sp³-hybridized carbons (Fsp3) is 0.242. The number of carbonyl (C=O) groups is 4. The van der Waals surface area contributed by atoms with E-state index in [9.17, 15) is 29.1 Å². The number of ketones is 4. The van der Waals surface area contributed by atoms with Gasteiger partial charge in [0.15, 0.2) is 23.1 Å². The van der Waals surface area contributed by atoms with Crippen LogP contribution in [0.25, 0.3) is 16.8 Å². The van der Waals surface area contributed by atoms with Gasteiger partial charge in [-0.1, -0.05) is 24.3 Å². The van der Waals surface area contributed by atoms with Gasteiger partial charge in [-0.25, -0.2) is 0 Å². The molecule has 0 radical (unpaired) electrons. The molecule has 0 aliphatic heterocycles. The van der Waals surface area contributed by atoms with Gasteiger partial charge >= 0.3 is 0 Å². The Balaban J connectivity index is 1.64. The largest absolute Gasteiger partial charge is 0.507 e. The minimum Gasteiger partial charge on any atom is -0.507 e. The number of fused-ring (bicyclic) bond motifs is 5. The van der Waals surface area contributed by atoms with E-state index in [1.165, 1.54) is 25.9 Å². The molecule has 10 nitrogen and oxygen atoms in total. The number of phenols is 1. The van der Waals surface area contributed by atoms with Crippen LogP contribution in [-0.4, -0.2) is 54.1 Å². The highest BCUT2D eigenvalue weighted by Gasteiger charge is 2.62. The Morgan fingerprint density at radius 3 is 2.14 bits per heavy atom. The molecule has 0 fully saturated rings. The molecule has 2 aromatic carbocycles. The molecule has 0 saturated carbocycles. The molecular weight excluding hydrogens is 554 g/mol. The van der Waals surface area contributed by atoms with Crippen molar-refractivity contribution in [2.75, 3.05) is 21.3 Å². The van der Waals surface area contributed by atoms with Crippen molar-refractivity contribution in [3.8, 4) is 17.2 Å². The van der Waals surface area contributed by atoms with Crippen molar-refractivity contribution in [1.29, 1.82) is 0 Å². The van der Waals surface area contributed by atoms with Crippen molar-refractivity contribution in [1.82, 2.24) is 4.57 Å². The summed E-state index contributed by atoms with van der Waals surface area (Å²) in [6.07, 6.45) is 8.46. The van der Waals surface area contributed by atoms with Crippen molar-refractivity contribution < 1.29 is 38.5 Å². The van der Waals surface area contributed by atoms with E-state index in [-0.39, 0.29) is 63.3 Å². The first-order valence-corrected chi connectivity index (χ1v) is 13.5. The third kappa shape index (κ3) is 3.43. The van der Waals surface area contributed by atoms with Crippen LogP contribution in [-0.2, 0) is 23.6 Å². The maximum absolute atomic E-state index is 14.5. The molecule has 1 atom stereocenters. The van der Waals surface area contributed by atoms with Crippen LogP contribution < -0.4 is 15.0 Å². The molecular formula is C33H27NO9. The smallest absolute Gasteiger partial charge is 0.262 e. The zero-order chi connectivity index (χ0) is 31.0. The first kappa shape index (κ1) is 27.9. The minimum absolute atomic E-state index is 0.00658. The topological polar surface area (TPSA) is 138 Å². The molecule has 3 aliphatic carbocycles. The molecule has 1 heterocycles. The number of pyridine rings is 1. The van der Waals surface area contributed by atoms with Gasteiger partial charge in [0.2, 0.25) is 5.78 Å². The SMILES string of the molecule is C/C=C/C=C/c1cc2cc3c(c(O)c2c(=O)n1C)C1(CC3)C(=O)c2c(OC)c3c(c(OC)c2C1=O)C(=O)C(OC)=CC3=O. The van der Waals surface area contributed by atoms with Gasteiger partial charge in [0.25, 0.3) is 5.56 Å². The summed E-state index contributed by atoms with van der Waals surface area (Å²) in [5.74, 6) is -3.97. The molecule has 10 heteroatoms. The summed E-state index contributed by atoms with van der Waals surface area (Å²) < 4.78 is 17.6. The van der Waals surface area contributed by atoms with Crippen molar-refractivity contribution >= 4 is 40.0 Å². The summed E-state index contributed by atoms with van der Waals surface area (Å²) in [5, 5.41) is 12.1. The van der Waals surface area contributed by atoms with Crippen molar-refractivity contribution in [3.05, 3.63) is 91.6 Å². The molecule has 1 N–H and O–H groups in total. The van der Waals surface area contributed by atoms with Gasteiger partial charge in [0.1, 0.15) is 22.7 Å². The van der Waals surface area contributed by atoms with Crippen LogP contribution in [0.5, 0.6) is 17.2 Å². The number of Topliss-reactive ketones (excluding diaryl/α,β-unsaturated/α-hetero) is 3. The number of aromatic hydroxyl groups is 1. The van der Waals surface area contributed by atoms with E-state index in [0.29, 0.717) is 16.6 Å². The first-order chi connectivity index (χ1) is 20.6. The summed E-state index contributed by atoms with van der Waals surface area (Å²) in [7, 11) is 5.26. The van der Waals surface area contributed by atoms with Gasteiger partial charge in [0.05, 0.1) is 49.0 Å². The summed E-state index contributed by atoms with van der Waals surface area (Å²) >= 11 is 0. The maximum Gasteiger partial charge on any atom is 0.262 e. The molecule has 218 valence electrons. The normalized spacial score (nSPS) is 19.0. The standard InChI is InChI=1S/C33H27NO9/c1-6-7-8-9-17-13-16-12-15-10-11-33(25(15)27(37)20(16)32(40)34(17)2)30(38)23-24(31(33)39)29(43-5)22-21(28(23)42-4)18(35)14-19(41-3)26(22)36/h6-9,12-14,37H,10-11H2,1-5H3/b7-6+,9-8+. The molecule has 0 bridgehead atoms. The number of benzene rings is 2. The lowest BCUT2D eigenvalue weighted by molar-refractivity contribution is 0.0790. The molecule has 3 aromatic rings. The van der Waals surface area contributed by atoms with Crippen molar-refractivity contribution in [2.45, 2.75) is 25.2 Å². The van der Waals surface area contributed by atoms with Crippen LogP contribution in [0.2, 0.25) is 0 Å². The molecule has 3 aliphatic rings. The number of rotatable bonds is 5. The summed E-state index contributed by atoms with van der Waals surface area (Å²) in [4.78, 5) is 69.1. The van der Waals surface area contributed by atoms with Crippen LogP contribution in [0.4, 0.5) is 0 Å². The Morgan fingerprint density at radius 2 is 1.53 bits per heavy atom. The van der Waals surface area contributed by atoms with Crippen LogP contribution in [0, 0.1) is 0 Å². The number of hydrogen-bond donors (Lipinski definition) is 1. The molecule has 1 spiro atoms. The summed E-state index contributed by atoms with van der Waals surface area (Å²) in [5.41, 5.74) is -2.12. The third-order valence-electron chi connectivity index (χ3n) is 8.61. The van der Waals surface area contributed by atoms with Gasteiger partial charge in [-0.15, -0.1) is 0 Å². The molecule has 1 unspecified atom stereocenters. The number of nitrogens with zero attached hydrogens (tertiary/aromatic N) is 1. The Hall–Kier alpha value is -5.25. The highest BCUT2D eigenvalue weighted by molar-refractivity contribution is 6.39. The second-order valence-electron chi connectivity index (χ2n) is 10.6. The predicted molar refractivity (Wildman–Crippen MR) is 157 cm³/mol. The van der Waals surface area contributed by atoms with E-state index in [2.05, 4.69) is 0 Å². The lowest BCUT2D eigenvalue weighted by Crippen LogP contribution is -2.36. The van der Waals surface area contributed by atoms with Gasteiger partial charge in [0, 0.05) is 24.4 Å². The number of hydrogen-bond acceptors (Lipinski definition) is 9. The van der Waals surface area contributed by atoms with E-state index in [4.69, 9.17) is 14.2 Å². The number of methoxy groups -OCH3 is 3. The van der Waals surface area contributed by atoms with Gasteiger partial charge < -0.3 is 23.9 Å². The quantitative estimate of drug-likeness (QED) is 0.350. The van der Waals surface area contributed by atoms with Crippen LogP contribution in [0.1, 0.15) is 71.6 Å². The number of phenolic OH excluding ortho intramolecular Hbond substituents is 1. The maximum atomic E-state index is 14.5. The van der Waals surface area contributed by atoms with Crippen molar-refractivity contribution in [2.24, 2.45) is 7.05 Å². The average Bonchev–Trinajstić information content (AvgIpc) is 3.48. The molecule has 0 amide bonds. The van der Waals surface area contributed by atoms with Gasteiger partial charge in [-0.2, -0.15) is 0 Å². The molecule has 1 aromatic heterocycles. The fourth-order valence-corrected chi connectivity index (χ4v) is 6.68. The van der Waals surface area contributed by atoms with E-state index >= 15 is 0 Å². The zero-order valence-corrected chi connectivity index (χ0v) is 24.1. The molecule has 6 rings (SSSR count). The Bertz CT molecular complexity index is 2010. The van der Waals surface area contributed by atoms with E-state index in [0.717, 1.165) is 6.08 Å². The fourth-order valence-electron chi connectivity index (χ4n) is 6.68. The van der Waals surface area contributed by atoms with Crippen molar-refractivity contribution in [3.63, 3.8) is 0 Å². The number of aryl methyl sites for hydroxylation is 1. The monoisotopic (exact) mass is 581 g/mol. The number of allylic oxidation sites excluding steroid dienone is 5. The Morgan fingerprint density at radius 1 is 0.884 bits per heavy atom. The predicted octanol–water partition coefficient (Wildman–Crippen LogP) is 4.02. The van der Waals surface area contributed by atoms with E-state index in [1.807, 2.05) is 19.1 Å². The first-order valence-electron chi connectivity index (χ1n) is 13.5. The third-order valence-corrected chi connectivity index (χ3v) is 8.61. The number of carbonyl (C=O) groups excluding carboxylic acids is 4. The average molecular weight is 582 g/mol.